The van der Waals surface area contributed by atoms with Crippen LogP contribution in [-0.4, -0.2) is 83.0 Å². The van der Waals surface area contributed by atoms with E-state index in [-0.39, 0.29) is 18.6 Å². The largest absolute Gasteiger partial charge is 0.394 e. The predicted octanol–water partition coefficient (Wildman–Crippen LogP) is 4.79. The van der Waals surface area contributed by atoms with Crippen LogP contribution in [0.5, 0.6) is 0 Å². The highest BCUT2D eigenvalue weighted by Crippen LogP contribution is 2.66. The van der Waals surface area contributed by atoms with Crippen LogP contribution in [-0.2, 0) is 19.0 Å². The van der Waals surface area contributed by atoms with E-state index in [2.05, 4.69) is 44.8 Å². The van der Waals surface area contributed by atoms with E-state index >= 15 is 0 Å². The summed E-state index contributed by atoms with van der Waals surface area (Å²) in [5.74, 6) is 2.99. The summed E-state index contributed by atoms with van der Waals surface area (Å²) < 4.78 is 17.7. The minimum Gasteiger partial charge on any atom is -0.394 e. The second-order valence-electron chi connectivity index (χ2n) is 15.2. The van der Waals surface area contributed by atoms with E-state index in [0.717, 1.165) is 62.9 Å². The monoisotopic (exact) mass is 637 g/mol. The highest BCUT2D eigenvalue weighted by atomic mass is 32.1. The van der Waals surface area contributed by atoms with Crippen LogP contribution in [0.2, 0.25) is 0 Å². The number of aliphatic hydroxyl groups excluding tert-OH is 3. The Balaban J connectivity index is 1.02. The summed E-state index contributed by atoms with van der Waals surface area (Å²) in [5.41, 5.74) is 1.62. The second-order valence-corrected chi connectivity index (χ2v) is 15.7. The number of thiol groups is 1. The number of nitrogens with one attached hydrogen (secondary N) is 1. The molecular weight excluding hydrogens is 578 g/mol. The van der Waals surface area contributed by atoms with Crippen molar-refractivity contribution < 1.29 is 34.3 Å². The molecule has 0 spiro atoms. The van der Waals surface area contributed by atoms with Gasteiger partial charge in [0, 0.05) is 26.2 Å². The van der Waals surface area contributed by atoms with Gasteiger partial charge in [-0.1, -0.05) is 38.3 Å². The van der Waals surface area contributed by atoms with Crippen molar-refractivity contribution in [3.63, 3.8) is 0 Å². The molecule has 44 heavy (non-hydrogen) atoms. The van der Waals surface area contributed by atoms with Crippen LogP contribution in [0, 0.1) is 34.5 Å². The molecule has 0 aromatic heterocycles. The van der Waals surface area contributed by atoms with Crippen LogP contribution in [0.4, 0.5) is 0 Å². The maximum atomic E-state index is 11.8. The lowest BCUT2D eigenvalue weighted by atomic mass is 9.47. The Hall–Kier alpha value is -0.680. The van der Waals surface area contributed by atoms with Gasteiger partial charge in [-0.2, -0.15) is 0 Å². The van der Waals surface area contributed by atoms with Crippen molar-refractivity contribution in [1.82, 2.24) is 5.32 Å². The average molecular weight is 638 g/mol. The number of carbonyl (C=O) groups excluding carboxylic acids is 1. The lowest BCUT2D eigenvalue weighted by molar-refractivity contribution is -0.218. The summed E-state index contributed by atoms with van der Waals surface area (Å²) in [7, 11) is 0. The van der Waals surface area contributed by atoms with E-state index in [9.17, 15) is 20.1 Å². The minimum atomic E-state index is -1.18. The van der Waals surface area contributed by atoms with Crippen molar-refractivity contribution in [2.24, 2.45) is 34.5 Å². The van der Waals surface area contributed by atoms with Gasteiger partial charge in [-0.25, -0.2) is 0 Å². The van der Waals surface area contributed by atoms with E-state index in [0.29, 0.717) is 29.5 Å². The molecule has 1 amide bonds. The standard InChI is InChI=1S/C35H59NO7S/c1-21(36-22(2)38)26-11-12-27-25-10-9-23-19-24(13-15-34(23,3)28(25)14-16-35(26,27)4)41-17-7-5-6-8-18-42-32-31(40)30(39)29(20-37)43-33(32)44/h9,21,24-33,37,39-40,44H,5-8,10-20H2,1-4H3,(H,36,38)/t21?,24?,25-,26+,27-,28-,29+,30+,31-,32-,33-,34-,35+/m0/s1. The number of ether oxygens (including phenoxy) is 3. The van der Waals surface area contributed by atoms with Gasteiger partial charge >= 0.3 is 0 Å². The van der Waals surface area contributed by atoms with Gasteiger partial charge in [0.05, 0.1) is 12.7 Å². The molecule has 1 saturated heterocycles. The molecule has 2 unspecified atom stereocenters. The van der Waals surface area contributed by atoms with Gasteiger partial charge in [0.1, 0.15) is 29.9 Å². The number of amides is 1. The lowest BCUT2D eigenvalue weighted by Crippen LogP contribution is -2.57. The Morgan fingerprint density at radius 2 is 1.77 bits per heavy atom. The third-order valence-corrected chi connectivity index (χ3v) is 13.1. The highest BCUT2D eigenvalue weighted by molar-refractivity contribution is 7.80. The van der Waals surface area contributed by atoms with Crippen LogP contribution in [0.1, 0.15) is 105 Å². The van der Waals surface area contributed by atoms with Crippen LogP contribution in [0.25, 0.3) is 0 Å². The summed E-state index contributed by atoms with van der Waals surface area (Å²) >= 11 is 4.32. The van der Waals surface area contributed by atoms with Crippen molar-refractivity contribution in [3.8, 4) is 0 Å². The average Bonchev–Trinajstić information content (AvgIpc) is 3.35. The first-order valence-electron chi connectivity index (χ1n) is 17.5. The van der Waals surface area contributed by atoms with E-state index in [1.807, 2.05) is 0 Å². The number of carbonyl (C=O) groups is 1. The molecule has 0 aromatic carbocycles. The van der Waals surface area contributed by atoms with Crippen LogP contribution in [0.3, 0.4) is 0 Å². The maximum absolute atomic E-state index is 11.8. The number of aliphatic hydroxyl groups is 3. The smallest absolute Gasteiger partial charge is 0.217 e. The molecule has 4 fully saturated rings. The molecule has 9 heteroatoms. The topological polar surface area (TPSA) is 117 Å². The number of unbranched alkanes of at least 4 members (excludes halogenated alkanes) is 3. The zero-order valence-electron chi connectivity index (χ0n) is 27.5. The fraction of sp³-hybridized carbons (Fsp3) is 0.914. The summed E-state index contributed by atoms with van der Waals surface area (Å²) in [4.78, 5) is 11.8. The van der Waals surface area contributed by atoms with Gasteiger partial charge in [-0.3, -0.25) is 4.79 Å². The molecule has 0 aromatic rings. The van der Waals surface area contributed by atoms with Crippen LogP contribution >= 0.6 is 12.6 Å². The molecule has 3 saturated carbocycles. The second kappa shape index (κ2) is 14.6. The van der Waals surface area contributed by atoms with Crippen molar-refractivity contribution in [3.05, 3.63) is 11.6 Å². The van der Waals surface area contributed by atoms with Crippen molar-refractivity contribution in [2.75, 3.05) is 19.8 Å². The van der Waals surface area contributed by atoms with E-state index in [4.69, 9.17) is 14.2 Å². The third kappa shape index (κ3) is 6.95. The fourth-order valence-corrected chi connectivity index (χ4v) is 10.8. The van der Waals surface area contributed by atoms with Gasteiger partial charge in [-0.05, 0) is 106 Å². The number of allylic oxidation sites excluding steroid dienone is 1. The Morgan fingerprint density at radius 3 is 2.48 bits per heavy atom. The molecule has 4 N–H and O–H groups in total. The molecule has 0 radical (unpaired) electrons. The minimum absolute atomic E-state index is 0.0972. The molecular formula is C35H59NO7S. The van der Waals surface area contributed by atoms with E-state index in [1.165, 1.54) is 38.5 Å². The first-order valence-corrected chi connectivity index (χ1v) is 18.0. The normalized spacial score (nSPS) is 44.2. The number of hydrogen-bond acceptors (Lipinski definition) is 8. The van der Waals surface area contributed by atoms with Crippen molar-refractivity contribution in [1.29, 1.82) is 0 Å². The summed E-state index contributed by atoms with van der Waals surface area (Å²) in [6.07, 6.45) is 12.8. The molecule has 8 nitrogen and oxygen atoms in total. The van der Waals surface area contributed by atoms with Gasteiger partial charge in [-0.15, -0.1) is 12.6 Å². The zero-order valence-corrected chi connectivity index (χ0v) is 28.4. The Kier molecular flexibility index (Phi) is 11.5. The lowest BCUT2D eigenvalue weighted by Gasteiger charge is -2.58. The Bertz CT molecular complexity index is 1010. The quantitative estimate of drug-likeness (QED) is 0.119. The summed E-state index contributed by atoms with van der Waals surface area (Å²) in [6, 6.07) is 0.257. The van der Waals surface area contributed by atoms with Gasteiger partial charge in [0.15, 0.2) is 0 Å². The van der Waals surface area contributed by atoms with Crippen molar-refractivity contribution >= 4 is 18.5 Å². The first kappa shape index (κ1) is 34.6. The molecule has 5 rings (SSSR count). The van der Waals surface area contributed by atoms with Gasteiger partial charge in [0.2, 0.25) is 5.91 Å². The van der Waals surface area contributed by atoms with Crippen LogP contribution in [0.15, 0.2) is 11.6 Å². The molecule has 1 heterocycles. The SMILES string of the molecule is CC(=O)NC(C)[C@H]1CC[C@H]2[C@@H]3CC=C4CC(OCCCCCCO[C@H]5[C@@H](O)[C@H](O)[C@@H](CO)O[C@H]5S)CC[C@]4(C)[C@H]3CC[C@]12C. The highest BCUT2D eigenvalue weighted by Gasteiger charge is 2.59. The first-order chi connectivity index (χ1) is 21.0. The Labute approximate surface area is 270 Å². The molecule has 4 aliphatic carbocycles. The van der Waals surface area contributed by atoms with Gasteiger partial charge < -0.3 is 34.8 Å². The predicted molar refractivity (Wildman–Crippen MR) is 173 cm³/mol. The van der Waals surface area contributed by atoms with Crippen LogP contribution < -0.4 is 5.32 Å². The molecule has 13 atom stereocenters. The van der Waals surface area contributed by atoms with Gasteiger partial charge in [0.25, 0.3) is 0 Å². The number of fused-ring (bicyclic) bond motifs is 5. The Morgan fingerprint density at radius 1 is 1.05 bits per heavy atom. The van der Waals surface area contributed by atoms with E-state index < -0.39 is 29.9 Å². The number of hydrogen-bond donors (Lipinski definition) is 5. The molecule has 5 aliphatic rings. The molecule has 252 valence electrons. The van der Waals surface area contributed by atoms with E-state index in [1.54, 1.807) is 12.5 Å². The molecule has 0 bridgehead atoms. The van der Waals surface area contributed by atoms with Crippen molar-refractivity contribution in [2.45, 2.75) is 147 Å². The third-order valence-electron chi connectivity index (χ3n) is 12.7. The maximum Gasteiger partial charge on any atom is 0.217 e. The summed E-state index contributed by atoms with van der Waals surface area (Å²) in [6.45, 7) is 9.85. The fourth-order valence-electron chi connectivity index (χ4n) is 10.3. The number of rotatable bonds is 12. The molecule has 1 aliphatic heterocycles. The summed E-state index contributed by atoms with van der Waals surface area (Å²) in [5, 5.41) is 32.9. The zero-order chi connectivity index (χ0) is 31.6.